The van der Waals surface area contributed by atoms with Gasteiger partial charge in [-0.1, -0.05) is 25.8 Å². The van der Waals surface area contributed by atoms with E-state index in [9.17, 15) is 4.39 Å². The van der Waals surface area contributed by atoms with E-state index in [-0.39, 0.29) is 11.9 Å². The van der Waals surface area contributed by atoms with Crippen LogP contribution < -0.4 is 9.47 Å². The molecule has 2 aromatic rings. The smallest absolute Gasteiger partial charge is 0.221 e. The first kappa shape index (κ1) is 17.7. The summed E-state index contributed by atoms with van der Waals surface area (Å²) in [5.41, 5.74) is 1.59. The molecule has 1 aromatic carbocycles. The summed E-state index contributed by atoms with van der Waals surface area (Å²) in [6.07, 6.45) is 9.63. The number of hydrogen-bond acceptors (Lipinski definition) is 3. The fraction of sp³-hybridized carbons (Fsp3) is 0.476. The zero-order valence-corrected chi connectivity index (χ0v) is 14.8. The van der Waals surface area contributed by atoms with E-state index < -0.39 is 0 Å². The molecule has 3 rings (SSSR count). The molecule has 0 amide bonds. The lowest BCUT2D eigenvalue weighted by Gasteiger charge is -2.15. The van der Waals surface area contributed by atoms with E-state index >= 15 is 0 Å². The van der Waals surface area contributed by atoms with Crippen LogP contribution in [0.4, 0.5) is 4.39 Å². The summed E-state index contributed by atoms with van der Waals surface area (Å²) in [6, 6.07) is 8.85. The quantitative estimate of drug-likeness (QED) is 0.570. The second-order valence-corrected chi connectivity index (χ2v) is 6.58. The fourth-order valence-electron chi connectivity index (χ4n) is 3.19. The molecular formula is C21H26FNO2. The van der Waals surface area contributed by atoms with Crippen LogP contribution in [0.5, 0.6) is 11.6 Å². The molecule has 0 saturated heterocycles. The summed E-state index contributed by atoms with van der Waals surface area (Å²) < 4.78 is 26.0. The van der Waals surface area contributed by atoms with Crippen molar-refractivity contribution in [2.24, 2.45) is 0 Å². The Labute approximate surface area is 149 Å². The van der Waals surface area contributed by atoms with Gasteiger partial charge in [-0.2, -0.15) is 0 Å². The Morgan fingerprint density at radius 3 is 2.76 bits per heavy atom. The molecule has 134 valence electrons. The summed E-state index contributed by atoms with van der Waals surface area (Å²) in [7, 11) is 0. The third-order valence-electron chi connectivity index (χ3n) is 4.60. The first-order valence-corrected chi connectivity index (χ1v) is 9.32. The zero-order chi connectivity index (χ0) is 17.5. The van der Waals surface area contributed by atoms with Gasteiger partial charge in [-0.25, -0.2) is 9.37 Å². The maximum absolute atomic E-state index is 14.4. The van der Waals surface area contributed by atoms with Gasteiger partial charge in [0.25, 0.3) is 0 Å². The highest BCUT2D eigenvalue weighted by atomic mass is 19.1. The molecule has 0 aliphatic heterocycles. The first-order chi connectivity index (χ1) is 12.3. The molecule has 1 aliphatic rings. The van der Waals surface area contributed by atoms with Crippen LogP contribution in [-0.4, -0.2) is 17.7 Å². The minimum atomic E-state index is -0.343. The van der Waals surface area contributed by atoms with Crippen molar-refractivity contribution in [1.82, 2.24) is 4.98 Å². The predicted molar refractivity (Wildman–Crippen MR) is 97.5 cm³/mol. The largest absolute Gasteiger partial charge is 0.491 e. The van der Waals surface area contributed by atoms with Gasteiger partial charge in [0.05, 0.1) is 6.61 Å². The Morgan fingerprint density at radius 1 is 1.16 bits per heavy atom. The van der Waals surface area contributed by atoms with Crippen molar-refractivity contribution in [2.75, 3.05) is 6.61 Å². The van der Waals surface area contributed by atoms with Gasteiger partial charge in [-0.05, 0) is 61.9 Å². The van der Waals surface area contributed by atoms with Crippen molar-refractivity contribution < 1.29 is 13.9 Å². The lowest BCUT2D eigenvalue weighted by molar-refractivity contribution is 0.202. The molecule has 1 fully saturated rings. The standard InChI is InChI=1S/C21H26FNO2/c1-2-3-6-14-24-20-12-11-16(15-19(20)22)18-10-7-13-23-21(18)25-17-8-4-5-9-17/h7,10-13,15,17H,2-6,8-9,14H2,1H3. The second-order valence-electron chi connectivity index (χ2n) is 6.58. The second kappa shape index (κ2) is 8.84. The molecule has 0 radical (unpaired) electrons. The number of nitrogens with zero attached hydrogens (tertiary/aromatic N) is 1. The van der Waals surface area contributed by atoms with E-state index in [0.717, 1.165) is 43.2 Å². The summed E-state index contributed by atoms with van der Waals surface area (Å²) in [4.78, 5) is 4.36. The first-order valence-electron chi connectivity index (χ1n) is 9.32. The van der Waals surface area contributed by atoms with Gasteiger partial charge in [0.2, 0.25) is 5.88 Å². The monoisotopic (exact) mass is 343 g/mol. The van der Waals surface area contributed by atoms with Crippen molar-refractivity contribution in [3.63, 3.8) is 0 Å². The summed E-state index contributed by atoms with van der Waals surface area (Å²) >= 11 is 0. The van der Waals surface area contributed by atoms with E-state index in [1.807, 2.05) is 18.2 Å². The van der Waals surface area contributed by atoms with Crippen LogP contribution in [0.25, 0.3) is 11.1 Å². The number of ether oxygens (including phenoxy) is 2. The number of hydrogen-bond donors (Lipinski definition) is 0. The van der Waals surface area contributed by atoms with E-state index in [2.05, 4.69) is 11.9 Å². The van der Waals surface area contributed by atoms with E-state index in [4.69, 9.17) is 9.47 Å². The van der Waals surface area contributed by atoms with Gasteiger partial charge >= 0.3 is 0 Å². The maximum Gasteiger partial charge on any atom is 0.221 e. The lowest BCUT2D eigenvalue weighted by Crippen LogP contribution is -2.12. The molecule has 0 spiro atoms. The van der Waals surface area contributed by atoms with Crippen molar-refractivity contribution >= 4 is 0 Å². The number of halogens is 1. The van der Waals surface area contributed by atoms with Crippen LogP contribution in [0.2, 0.25) is 0 Å². The third-order valence-corrected chi connectivity index (χ3v) is 4.60. The third kappa shape index (κ3) is 4.71. The molecule has 0 unspecified atom stereocenters. The highest BCUT2D eigenvalue weighted by Crippen LogP contribution is 2.33. The van der Waals surface area contributed by atoms with Gasteiger partial charge in [-0.3, -0.25) is 0 Å². The summed E-state index contributed by atoms with van der Waals surface area (Å²) in [5, 5.41) is 0. The van der Waals surface area contributed by atoms with Crippen LogP contribution in [0.15, 0.2) is 36.5 Å². The van der Waals surface area contributed by atoms with Crippen LogP contribution in [-0.2, 0) is 0 Å². The van der Waals surface area contributed by atoms with Gasteiger partial charge < -0.3 is 9.47 Å². The molecule has 4 heteroatoms. The Hall–Kier alpha value is -2.10. The van der Waals surface area contributed by atoms with Gasteiger partial charge in [-0.15, -0.1) is 0 Å². The molecule has 0 bridgehead atoms. The van der Waals surface area contributed by atoms with Crippen molar-refractivity contribution in [3.05, 3.63) is 42.3 Å². The molecule has 1 aromatic heterocycles. The zero-order valence-electron chi connectivity index (χ0n) is 14.8. The lowest BCUT2D eigenvalue weighted by atomic mass is 10.1. The molecular weight excluding hydrogens is 317 g/mol. The topological polar surface area (TPSA) is 31.4 Å². The predicted octanol–water partition coefficient (Wildman–Crippen LogP) is 5.78. The van der Waals surface area contributed by atoms with Gasteiger partial charge in [0.15, 0.2) is 11.6 Å². The normalized spacial score (nSPS) is 14.6. The molecule has 25 heavy (non-hydrogen) atoms. The van der Waals surface area contributed by atoms with Crippen molar-refractivity contribution in [1.29, 1.82) is 0 Å². The van der Waals surface area contributed by atoms with Crippen molar-refractivity contribution in [3.8, 4) is 22.8 Å². The SMILES string of the molecule is CCCCCOc1ccc(-c2cccnc2OC2CCCC2)cc1F. The Kier molecular flexibility index (Phi) is 6.26. The summed E-state index contributed by atoms with van der Waals surface area (Å²) in [6.45, 7) is 2.68. The van der Waals surface area contributed by atoms with Crippen LogP contribution >= 0.6 is 0 Å². The molecule has 1 saturated carbocycles. The number of unbranched alkanes of at least 4 members (excludes halogenated alkanes) is 2. The highest BCUT2D eigenvalue weighted by molar-refractivity contribution is 5.69. The van der Waals surface area contributed by atoms with Gasteiger partial charge in [0.1, 0.15) is 6.10 Å². The minimum Gasteiger partial charge on any atom is -0.491 e. The number of rotatable bonds is 8. The van der Waals surface area contributed by atoms with Crippen LogP contribution in [0, 0.1) is 5.82 Å². The Morgan fingerprint density at radius 2 is 2.00 bits per heavy atom. The highest BCUT2D eigenvalue weighted by Gasteiger charge is 2.19. The average molecular weight is 343 g/mol. The molecule has 3 nitrogen and oxygen atoms in total. The number of benzene rings is 1. The van der Waals surface area contributed by atoms with Crippen LogP contribution in [0.3, 0.4) is 0 Å². The molecule has 1 aliphatic carbocycles. The summed E-state index contributed by atoms with van der Waals surface area (Å²) in [5.74, 6) is 0.553. The van der Waals surface area contributed by atoms with Gasteiger partial charge in [0, 0.05) is 11.8 Å². The fourth-order valence-corrected chi connectivity index (χ4v) is 3.19. The maximum atomic E-state index is 14.4. The van der Waals surface area contributed by atoms with E-state index in [1.54, 1.807) is 12.3 Å². The van der Waals surface area contributed by atoms with E-state index in [1.165, 1.54) is 18.9 Å². The minimum absolute atomic E-state index is 0.222. The molecule has 1 heterocycles. The number of aromatic nitrogens is 1. The van der Waals surface area contributed by atoms with Crippen LogP contribution in [0.1, 0.15) is 51.9 Å². The Balaban J connectivity index is 1.74. The average Bonchev–Trinajstić information content (AvgIpc) is 3.13. The Bertz CT molecular complexity index is 683. The molecule has 0 N–H and O–H groups in total. The van der Waals surface area contributed by atoms with Crippen molar-refractivity contribution in [2.45, 2.75) is 58.0 Å². The number of pyridine rings is 1. The molecule has 0 atom stereocenters. The van der Waals surface area contributed by atoms with E-state index in [0.29, 0.717) is 18.2 Å².